The summed E-state index contributed by atoms with van der Waals surface area (Å²) in [5, 5.41) is 14.1. The van der Waals surface area contributed by atoms with Crippen molar-refractivity contribution in [2.24, 2.45) is 7.05 Å². The zero-order valence-corrected chi connectivity index (χ0v) is 12.3. The number of carboxylic acids is 1. The number of hydrogen-bond acceptors (Lipinski definition) is 3. The van der Waals surface area contributed by atoms with Crippen molar-refractivity contribution >= 4 is 5.97 Å². The summed E-state index contributed by atoms with van der Waals surface area (Å²) in [7, 11) is 1.83. The number of rotatable bonds is 5. The van der Waals surface area contributed by atoms with E-state index in [1.165, 1.54) is 0 Å². The van der Waals surface area contributed by atoms with Gasteiger partial charge in [0, 0.05) is 19.4 Å². The van der Waals surface area contributed by atoms with E-state index in [0.717, 1.165) is 30.1 Å². The predicted octanol–water partition coefficient (Wildman–Crippen LogP) is 2.28. The van der Waals surface area contributed by atoms with Crippen LogP contribution in [0.3, 0.4) is 0 Å². The Morgan fingerprint density at radius 3 is 2.62 bits per heavy atom. The smallest absolute Gasteiger partial charge is 0.314 e. The summed E-state index contributed by atoms with van der Waals surface area (Å²) in [6.45, 7) is 1.75. The van der Waals surface area contributed by atoms with Crippen molar-refractivity contribution in [3.8, 4) is 0 Å². The van der Waals surface area contributed by atoms with Crippen LogP contribution in [-0.4, -0.2) is 25.8 Å². The van der Waals surface area contributed by atoms with Crippen LogP contribution in [0.5, 0.6) is 0 Å². The Balaban J connectivity index is 1.94. The molecule has 1 unspecified atom stereocenters. The maximum absolute atomic E-state index is 11.8. The fourth-order valence-corrected chi connectivity index (χ4v) is 2.53. The molecule has 1 heterocycles. The molecule has 0 radical (unpaired) electrons. The van der Waals surface area contributed by atoms with Gasteiger partial charge >= 0.3 is 5.97 Å². The van der Waals surface area contributed by atoms with E-state index in [9.17, 15) is 9.90 Å². The minimum Gasteiger partial charge on any atom is -0.481 e. The fourth-order valence-electron chi connectivity index (χ4n) is 2.53. The lowest BCUT2D eigenvalue weighted by molar-refractivity contribution is -0.143. The van der Waals surface area contributed by atoms with Gasteiger partial charge in [-0.1, -0.05) is 30.3 Å². The number of aryl methyl sites for hydroxylation is 1. The summed E-state index contributed by atoms with van der Waals surface area (Å²) >= 11 is 0. The lowest BCUT2D eigenvalue weighted by Crippen LogP contribution is -2.35. The molecule has 1 aliphatic carbocycles. The molecule has 5 heteroatoms. The number of carboxylic acid groups (broad SMARTS) is 1. The van der Waals surface area contributed by atoms with Crippen molar-refractivity contribution in [1.82, 2.24) is 14.8 Å². The minimum atomic E-state index is -0.997. The third kappa shape index (κ3) is 2.55. The first-order valence-electron chi connectivity index (χ1n) is 7.19. The van der Waals surface area contributed by atoms with E-state index in [4.69, 9.17) is 0 Å². The van der Waals surface area contributed by atoms with E-state index in [1.807, 2.05) is 37.4 Å². The number of aliphatic carboxylic acids is 1. The minimum absolute atomic E-state index is 0.336. The summed E-state index contributed by atoms with van der Waals surface area (Å²) in [6.07, 6.45) is 2.61. The van der Waals surface area contributed by atoms with Crippen LogP contribution in [0.25, 0.3) is 0 Å². The highest BCUT2D eigenvalue weighted by Gasteiger charge is 2.38. The number of aromatic nitrogens is 3. The number of carbonyl (C=O) groups is 1. The molecule has 1 aliphatic rings. The molecule has 0 bridgehead atoms. The first-order chi connectivity index (χ1) is 10.0. The molecule has 1 saturated carbocycles. The van der Waals surface area contributed by atoms with Gasteiger partial charge in [-0.2, -0.15) is 5.10 Å². The van der Waals surface area contributed by atoms with Crippen LogP contribution < -0.4 is 0 Å². The molecule has 1 aromatic heterocycles. The molecular weight excluding hydrogens is 266 g/mol. The summed E-state index contributed by atoms with van der Waals surface area (Å²) in [6, 6.07) is 9.32. The van der Waals surface area contributed by atoms with Gasteiger partial charge in [-0.15, -0.1) is 0 Å². The van der Waals surface area contributed by atoms with E-state index in [2.05, 4.69) is 10.1 Å². The second-order valence-electron chi connectivity index (χ2n) is 5.96. The van der Waals surface area contributed by atoms with E-state index in [-0.39, 0.29) is 0 Å². The molecule has 110 valence electrons. The van der Waals surface area contributed by atoms with Crippen LogP contribution >= 0.6 is 0 Å². The third-order valence-electron chi connectivity index (χ3n) is 4.21. The first-order valence-corrected chi connectivity index (χ1v) is 7.19. The van der Waals surface area contributed by atoms with Crippen molar-refractivity contribution in [1.29, 1.82) is 0 Å². The van der Waals surface area contributed by atoms with Crippen LogP contribution in [-0.2, 0) is 23.7 Å². The Hall–Kier alpha value is -2.17. The Bertz CT molecular complexity index is 661. The van der Waals surface area contributed by atoms with Gasteiger partial charge in [-0.25, -0.2) is 4.98 Å². The predicted molar refractivity (Wildman–Crippen MR) is 78.1 cm³/mol. The van der Waals surface area contributed by atoms with Gasteiger partial charge in [0.1, 0.15) is 5.82 Å². The molecule has 1 fully saturated rings. The monoisotopic (exact) mass is 285 g/mol. The van der Waals surface area contributed by atoms with Gasteiger partial charge in [0.05, 0.1) is 5.41 Å². The normalized spacial score (nSPS) is 17.4. The summed E-state index contributed by atoms with van der Waals surface area (Å²) < 4.78 is 1.72. The maximum Gasteiger partial charge on any atom is 0.314 e. The summed E-state index contributed by atoms with van der Waals surface area (Å²) in [5.41, 5.74) is -0.212. The average Bonchev–Trinajstić information content (AvgIpc) is 3.25. The van der Waals surface area contributed by atoms with Crippen LogP contribution in [0, 0.1) is 0 Å². The number of nitrogens with zero attached hydrogens (tertiary/aromatic N) is 3. The topological polar surface area (TPSA) is 68.0 Å². The summed E-state index contributed by atoms with van der Waals surface area (Å²) in [5.74, 6) is 1.21. The largest absolute Gasteiger partial charge is 0.481 e. The Morgan fingerprint density at radius 1 is 1.38 bits per heavy atom. The molecule has 0 aliphatic heterocycles. The highest BCUT2D eigenvalue weighted by atomic mass is 16.4. The Labute approximate surface area is 123 Å². The number of benzene rings is 1. The van der Waals surface area contributed by atoms with E-state index < -0.39 is 11.4 Å². The van der Waals surface area contributed by atoms with Gasteiger partial charge in [0.15, 0.2) is 5.82 Å². The molecule has 3 rings (SSSR count). The maximum atomic E-state index is 11.8. The second-order valence-corrected chi connectivity index (χ2v) is 5.96. The van der Waals surface area contributed by atoms with E-state index in [0.29, 0.717) is 12.3 Å². The Kier molecular flexibility index (Phi) is 3.27. The highest BCUT2D eigenvalue weighted by Crippen LogP contribution is 2.38. The van der Waals surface area contributed by atoms with Crippen LogP contribution in [0.1, 0.15) is 42.9 Å². The molecule has 0 spiro atoms. The van der Waals surface area contributed by atoms with Gasteiger partial charge in [-0.3, -0.25) is 9.48 Å². The van der Waals surface area contributed by atoms with Crippen molar-refractivity contribution in [2.75, 3.05) is 0 Å². The lowest BCUT2D eigenvalue weighted by atomic mass is 9.79. The molecule has 21 heavy (non-hydrogen) atoms. The van der Waals surface area contributed by atoms with Crippen LogP contribution in [0.4, 0.5) is 0 Å². The van der Waals surface area contributed by atoms with E-state index in [1.54, 1.807) is 11.6 Å². The van der Waals surface area contributed by atoms with Gasteiger partial charge < -0.3 is 5.11 Å². The zero-order chi connectivity index (χ0) is 15.0. The van der Waals surface area contributed by atoms with Crippen molar-refractivity contribution < 1.29 is 9.90 Å². The molecule has 1 N–H and O–H groups in total. The molecular formula is C16H19N3O2. The fraction of sp³-hybridized carbons (Fsp3) is 0.438. The quantitative estimate of drug-likeness (QED) is 0.915. The average molecular weight is 285 g/mol. The lowest BCUT2D eigenvalue weighted by Gasteiger charge is -2.24. The molecule has 2 aromatic rings. The molecule has 1 atom stereocenters. The first kappa shape index (κ1) is 13.8. The van der Waals surface area contributed by atoms with Crippen LogP contribution in [0.2, 0.25) is 0 Å². The second kappa shape index (κ2) is 4.98. The van der Waals surface area contributed by atoms with Gasteiger partial charge in [0.2, 0.25) is 0 Å². The third-order valence-corrected chi connectivity index (χ3v) is 4.21. The van der Waals surface area contributed by atoms with Crippen molar-refractivity contribution in [3.63, 3.8) is 0 Å². The summed E-state index contributed by atoms with van der Waals surface area (Å²) in [4.78, 5) is 16.4. The SMILES string of the molecule is Cn1nc(C2CC2)nc1CC(C)(C(=O)O)c1ccccc1. The van der Waals surface area contributed by atoms with Gasteiger partial charge in [0.25, 0.3) is 0 Å². The van der Waals surface area contributed by atoms with Crippen molar-refractivity contribution in [2.45, 2.75) is 37.5 Å². The Morgan fingerprint density at radius 2 is 2.05 bits per heavy atom. The van der Waals surface area contributed by atoms with Crippen molar-refractivity contribution in [3.05, 3.63) is 47.5 Å². The van der Waals surface area contributed by atoms with E-state index >= 15 is 0 Å². The highest BCUT2D eigenvalue weighted by molar-refractivity contribution is 5.81. The number of hydrogen-bond donors (Lipinski definition) is 1. The van der Waals surface area contributed by atoms with Gasteiger partial charge in [-0.05, 0) is 25.3 Å². The van der Waals surface area contributed by atoms with Crippen LogP contribution in [0.15, 0.2) is 30.3 Å². The zero-order valence-electron chi connectivity index (χ0n) is 12.3. The molecule has 0 amide bonds. The molecule has 0 saturated heterocycles. The standard InChI is InChI=1S/C16H19N3O2/c1-16(15(20)21,12-6-4-3-5-7-12)10-13-17-14(11-8-9-11)18-19(13)2/h3-7,11H,8-10H2,1-2H3,(H,20,21). The molecule has 1 aromatic carbocycles. The molecule has 5 nitrogen and oxygen atoms in total.